The molecule has 0 radical (unpaired) electrons. The highest BCUT2D eigenvalue weighted by molar-refractivity contribution is 6.02. The summed E-state index contributed by atoms with van der Waals surface area (Å²) in [4.78, 5) is 23.2. The minimum Gasteiger partial charge on any atom is -0.351 e. The zero-order chi connectivity index (χ0) is 14.5. The Labute approximate surface area is 116 Å². The van der Waals surface area contributed by atoms with E-state index in [1.807, 2.05) is 0 Å². The van der Waals surface area contributed by atoms with Gasteiger partial charge in [-0.25, -0.2) is 0 Å². The molecule has 1 aromatic heterocycles. The molecule has 0 atom stereocenters. The van der Waals surface area contributed by atoms with E-state index in [-0.39, 0.29) is 17.6 Å². The van der Waals surface area contributed by atoms with E-state index in [2.05, 4.69) is 15.8 Å². The zero-order valence-electron chi connectivity index (χ0n) is 11.3. The summed E-state index contributed by atoms with van der Waals surface area (Å²) in [6.07, 6.45) is 0.397. The van der Waals surface area contributed by atoms with Gasteiger partial charge in [-0.2, -0.15) is 0 Å². The molecule has 2 amide bonds. The quantitative estimate of drug-likeness (QED) is 0.896. The lowest BCUT2D eigenvalue weighted by Crippen LogP contribution is -2.12. The Morgan fingerprint density at radius 1 is 1.20 bits per heavy atom. The number of benzene rings is 1. The van der Waals surface area contributed by atoms with E-state index in [0.29, 0.717) is 23.5 Å². The molecule has 1 aromatic carbocycles. The fraction of sp³-hybridized carbons (Fsp3) is 0.214. The van der Waals surface area contributed by atoms with Crippen LogP contribution in [0.1, 0.15) is 29.6 Å². The zero-order valence-corrected chi connectivity index (χ0v) is 11.3. The summed E-state index contributed by atoms with van der Waals surface area (Å²) in [6.45, 7) is 3.51. The second kappa shape index (κ2) is 6.01. The number of rotatable bonds is 4. The van der Waals surface area contributed by atoms with Crippen molar-refractivity contribution in [3.8, 4) is 0 Å². The minimum atomic E-state index is -0.385. The molecule has 0 aliphatic rings. The van der Waals surface area contributed by atoms with Crippen molar-refractivity contribution in [3.05, 3.63) is 41.8 Å². The first kappa shape index (κ1) is 13.8. The van der Waals surface area contributed by atoms with Crippen LogP contribution in [0, 0.1) is 6.92 Å². The summed E-state index contributed by atoms with van der Waals surface area (Å²) >= 11 is 0. The maximum absolute atomic E-state index is 11.9. The van der Waals surface area contributed by atoms with E-state index < -0.39 is 0 Å². The molecular weight excluding hydrogens is 258 g/mol. The number of aryl methyl sites for hydroxylation is 1. The predicted molar refractivity (Wildman–Crippen MR) is 74.6 cm³/mol. The van der Waals surface area contributed by atoms with E-state index in [1.165, 1.54) is 0 Å². The van der Waals surface area contributed by atoms with Gasteiger partial charge in [0.2, 0.25) is 11.7 Å². The van der Waals surface area contributed by atoms with Crippen LogP contribution in [0.5, 0.6) is 0 Å². The van der Waals surface area contributed by atoms with Crippen LogP contribution in [0.2, 0.25) is 0 Å². The first-order chi connectivity index (χ1) is 9.58. The molecular formula is C14H15N3O3. The number of nitrogens with zero attached hydrogens (tertiary/aromatic N) is 1. The first-order valence-corrected chi connectivity index (χ1v) is 6.23. The fourth-order valence-electron chi connectivity index (χ4n) is 1.59. The Morgan fingerprint density at radius 2 is 1.90 bits per heavy atom. The van der Waals surface area contributed by atoms with E-state index in [4.69, 9.17) is 4.52 Å². The standard InChI is InChI=1S/C14H15N3O3/c1-3-13(18)15-10-5-4-6-11(8-10)16-14(19)12-7-9(2)17-20-12/h4-8H,3H2,1-2H3,(H,15,18)(H,16,19). The van der Waals surface area contributed by atoms with Crippen LogP contribution in [0.4, 0.5) is 11.4 Å². The summed E-state index contributed by atoms with van der Waals surface area (Å²) in [7, 11) is 0. The average Bonchev–Trinajstić information content (AvgIpc) is 2.86. The van der Waals surface area contributed by atoms with Gasteiger partial charge in [0.15, 0.2) is 0 Å². The molecule has 2 N–H and O–H groups in total. The van der Waals surface area contributed by atoms with E-state index >= 15 is 0 Å². The molecule has 6 nitrogen and oxygen atoms in total. The van der Waals surface area contributed by atoms with Crippen LogP contribution in [-0.2, 0) is 4.79 Å². The summed E-state index contributed by atoms with van der Waals surface area (Å²) in [5, 5.41) is 9.06. The van der Waals surface area contributed by atoms with E-state index in [0.717, 1.165) is 0 Å². The molecule has 2 aromatic rings. The third-order valence-electron chi connectivity index (χ3n) is 2.58. The molecule has 0 fully saturated rings. The molecule has 2 rings (SSSR count). The fourth-order valence-corrected chi connectivity index (χ4v) is 1.59. The van der Waals surface area contributed by atoms with Gasteiger partial charge in [-0.15, -0.1) is 0 Å². The van der Waals surface area contributed by atoms with Gasteiger partial charge >= 0.3 is 0 Å². The van der Waals surface area contributed by atoms with Gasteiger partial charge in [0, 0.05) is 23.9 Å². The van der Waals surface area contributed by atoms with Gasteiger partial charge in [0.25, 0.3) is 5.91 Å². The lowest BCUT2D eigenvalue weighted by atomic mass is 10.2. The van der Waals surface area contributed by atoms with Crippen LogP contribution >= 0.6 is 0 Å². The predicted octanol–water partition coefficient (Wildman–Crippen LogP) is 2.58. The molecule has 0 saturated carbocycles. The van der Waals surface area contributed by atoms with Crippen molar-refractivity contribution >= 4 is 23.2 Å². The Hall–Kier alpha value is -2.63. The monoisotopic (exact) mass is 273 g/mol. The molecule has 1 heterocycles. The third-order valence-corrected chi connectivity index (χ3v) is 2.58. The Bertz CT molecular complexity index is 634. The van der Waals surface area contributed by atoms with Crippen LogP contribution in [0.15, 0.2) is 34.9 Å². The SMILES string of the molecule is CCC(=O)Nc1cccc(NC(=O)c2cc(C)no2)c1. The lowest BCUT2D eigenvalue weighted by molar-refractivity contribution is -0.115. The van der Waals surface area contributed by atoms with Crippen LogP contribution in [-0.4, -0.2) is 17.0 Å². The number of hydrogen-bond acceptors (Lipinski definition) is 4. The maximum atomic E-state index is 11.9. The van der Waals surface area contributed by atoms with Gasteiger partial charge in [-0.05, 0) is 25.1 Å². The summed E-state index contributed by atoms with van der Waals surface area (Å²) < 4.78 is 4.88. The molecule has 104 valence electrons. The number of nitrogens with one attached hydrogen (secondary N) is 2. The Kier molecular flexibility index (Phi) is 4.14. The molecule has 6 heteroatoms. The number of anilines is 2. The molecule has 20 heavy (non-hydrogen) atoms. The van der Waals surface area contributed by atoms with E-state index in [9.17, 15) is 9.59 Å². The Balaban J connectivity index is 2.08. The number of aromatic nitrogens is 1. The van der Waals surface area contributed by atoms with Crippen molar-refractivity contribution in [2.24, 2.45) is 0 Å². The molecule has 0 aliphatic carbocycles. The number of carbonyl (C=O) groups excluding carboxylic acids is 2. The van der Waals surface area contributed by atoms with E-state index in [1.54, 1.807) is 44.2 Å². The topological polar surface area (TPSA) is 84.2 Å². The second-order valence-corrected chi connectivity index (χ2v) is 4.27. The highest BCUT2D eigenvalue weighted by Gasteiger charge is 2.12. The average molecular weight is 273 g/mol. The van der Waals surface area contributed by atoms with Crippen LogP contribution in [0.25, 0.3) is 0 Å². The highest BCUT2D eigenvalue weighted by atomic mass is 16.5. The van der Waals surface area contributed by atoms with Gasteiger partial charge < -0.3 is 15.2 Å². The van der Waals surface area contributed by atoms with Gasteiger partial charge in [-0.3, -0.25) is 9.59 Å². The molecule has 0 spiro atoms. The van der Waals surface area contributed by atoms with Crippen LogP contribution in [0.3, 0.4) is 0 Å². The van der Waals surface area contributed by atoms with Crippen molar-refractivity contribution in [2.45, 2.75) is 20.3 Å². The molecule has 0 saturated heterocycles. The van der Waals surface area contributed by atoms with Gasteiger partial charge in [-0.1, -0.05) is 18.1 Å². The first-order valence-electron chi connectivity index (χ1n) is 6.23. The van der Waals surface area contributed by atoms with Crippen molar-refractivity contribution in [1.82, 2.24) is 5.16 Å². The lowest BCUT2D eigenvalue weighted by Gasteiger charge is -2.07. The third kappa shape index (κ3) is 3.44. The normalized spacial score (nSPS) is 10.1. The van der Waals surface area contributed by atoms with Crippen LogP contribution < -0.4 is 10.6 Å². The number of amides is 2. The van der Waals surface area contributed by atoms with Crippen molar-refractivity contribution in [3.63, 3.8) is 0 Å². The number of hydrogen-bond donors (Lipinski definition) is 2. The molecule has 0 unspecified atom stereocenters. The minimum absolute atomic E-state index is 0.0839. The summed E-state index contributed by atoms with van der Waals surface area (Å²) in [5.41, 5.74) is 1.83. The van der Waals surface area contributed by atoms with Crippen molar-refractivity contribution in [2.75, 3.05) is 10.6 Å². The second-order valence-electron chi connectivity index (χ2n) is 4.27. The Morgan fingerprint density at radius 3 is 2.50 bits per heavy atom. The van der Waals surface area contributed by atoms with Gasteiger partial charge in [0.05, 0.1) is 5.69 Å². The van der Waals surface area contributed by atoms with Gasteiger partial charge in [0.1, 0.15) is 0 Å². The summed E-state index contributed by atoms with van der Waals surface area (Å²) in [6, 6.07) is 8.45. The smallest absolute Gasteiger partial charge is 0.294 e. The molecule has 0 aliphatic heterocycles. The maximum Gasteiger partial charge on any atom is 0.294 e. The largest absolute Gasteiger partial charge is 0.351 e. The summed E-state index contributed by atoms with van der Waals surface area (Å²) in [5.74, 6) is -0.325. The highest BCUT2D eigenvalue weighted by Crippen LogP contribution is 2.16. The van der Waals surface area contributed by atoms with Crippen molar-refractivity contribution < 1.29 is 14.1 Å². The van der Waals surface area contributed by atoms with Crippen molar-refractivity contribution in [1.29, 1.82) is 0 Å². The number of carbonyl (C=O) groups is 2. The molecule has 0 bridgehead atoms.